The highest BCUT2D eigenvalue weighted by molar-refractivity contribution is 7.21. The molecule has 37 heavy (non-hydrogen) atoms. The Balaban J connectivity index is 1.74. The van der Waals surface area contributed by atoms with E-state index in [4.69, 9.17) is 33.9 Å². The second-order valence-corrected chi connectivity index (χ2v) is 10.5. The zero-order valence-electron chi connectivity index (χ0n) is 19.9. The number of anilines is 2. The largest absolute Gasteiger partial charge is 0.397 e. The number of nitrogens with zero attached hydrogens (tertiary/aromatic N) is 1. The standard InChI is InChI=1S/C29H21Cl2N3O2S/c1-15-7-9-17(10-8-15)26(35)27-25(32)24-23(20-5-3-4-6-21(20)31)22(16(2)33-29(24)37-27)28(36)34-19-13-11-18(30)12-14-19/h3-14H,32H2,1-2H3,(H,34,36). The normalized spacial score (nSPS) is 11.0. The summed E-state index contributed by atoms with van der Waals surface area (Å²) >= 11 is 13.8. The molecule has 0 fully saturated rings. The van der Waals surface area contributed by atoms with E-state index >= 15 is 0 Å². The SMILES string of the molecule is Cc1ccc(C(=O)c2sc3nc(C)c(C(=O)Nc4ccc(Cl)cc4)c(-c4ccccc4Cl)c3c2N)cc1. The number of rotatable bonds is 5. The molecule has 0 saturated heterocycles. The molecule has 0 saturated carbocycles. The van der Waals surface area contributed by atoms with Crippen LogP contribution in [0.2, 0.25) is 10.0 Å². The third-order valence-corrected chi connectivity index (χ3v) is 7.73. The van der Waals surface area contributed by atoms with Gasteiger partial charge in [0.25, 0.3) is 5.91 Å². The van der Waals surface area contributed by atoms with Crippen molar-refractivity contribution in [3.63, 3.8) is 0 Å². The van der Waals surface area contributed by atoms with Crippen LogP contribution in [0.3, 0.4) is 0 Å². The van der Waals surface area contributed by atoms with Crippen LogP contribution in [0, 0.1) is 13.8 Å². The van der Waals surface area contributed by atoms with Gasteiger partial charge in [0.15, 0.2) is 0 Å². The second-order valence-electron chi connectivity index (χ2n) is 8.61. The molecule has 0 aliphatic carbocycles. The molecule has 0 unspecified atom stereocenters. The van der Waals surface area contributed by atoms with E-state index in [0.29, 0.717) is 58.8 Å². The Morgan fingerprint density at radius 1 is 0.919 bits per heavy atom. The number of halogens is 2. The van der Waals surface area contributed by atoms with Crippen LogP contribution in [0.5, 0.6) is 0 Å². The number of fused-ring (bicyclic) bond motifs is 1. The number of benzene rings is 3. The lowest BCUT2D eigenvalue weighted by atomic mass is 9.94. The predicted octanol–water partition coefficient (Wildman–Crippen LogP) is 7.95. The number of nitrogens with one attached hydrogen (secondary N) is 1. The highest BCUT2D eigenvalue weighted by atomic mass is 35.5. The average molecular weight is 546 g/mol. The molecule has 3 aromatic carbocycles. The number of carbonyl (C=O) groups is 2. The third kappa shape index (κ3) is 4.71. The summed E-state index contributed by atoms with van der Waals surface area (Å²) in [5.74, 6) is -0.573. The Morgan fingerprint density at radius 2 is 1.59 bits per heavy atom. The van der Waals surface area contributed by atoms with Crippen LogP contribution in [-0.2, 0) is 0 Å². The summed E-state index contributed by atoms with van der Waals surface area (Å²) in [6.07, 6.45) is 0. The first-order chi connectivity index (χ1) is 17.7. The minimum absolute atomic E-state index is 0.199. The number of hydrogen-bond acceptors (Lipinski definition) is 5. The number of pyridine rings is 1. The van der Waals surface area contributed by atoms with Gasteiger partial charge in [0.05, 0.1) is 16.9 Å². The van der Waals surface area contributed by atoms with Gasteiger partial charge < -0.3 is 11.1 Å². The van der Waals surface area contributed by atoms with E-state index in [1.54, 1.807) is 49.4 Å². The van der Waals surface area contributed by atoms with E-state index in [1.807, 2.05) is 37.3 Å². The lowest BCUT2D eigenvalue weighted by molar-refractivity contribution is 0.102. The van der Waals surface area contributed by atoms with Crippen LogP contribution >= 0.6 is 34.5 Å². The molecule has 0 aliphatic rings. The van der Waals surface area contributed by atoms with Crippen molar-refractivity contribution in [1.82, 2.24) is 4.98 Å². The van der Waals surface area contributed by atoms with Gasteiger partial charge in [-0.15, -0.1) is 11.3 Å². The first-order valence-corrected chi connectivity index (χ1v) is 13.0. The van der Waals surface area contributed by atoms with Crippen molar-refractivity contribution in [3.05, 3.63) is 110 Å². The molecular weight excluding hydrogens is 525 g/mol. The monoisotopic (exact) mass is 545 g/mol. The summed E-state index contributed by atoms with van der Waals surface area (Å²) in [5, 5.41) is 4.46. The lowest BCUT2D eigenvalue weighted by Crippen LogP contribution is -2.16. The van der Waals surface area contributed by atoms with Crippen LogP contribution in [0.25, 0.3) is 21.3 Å². The van der Waals surface area contributed by atoms with E-state index in [9.17, 15) is 9.59 Å². The number of amides is 1. The molecule has 2 heterocycles. The number of ketones is 1. The number of aromatic nitrogens is 1. The Hall–Kier alpha value is -3.71. The molecule has 3 N–H and O–H groups in total. The number of nitrogens with two attached hydrogens (primary N) is 1. The van der Waals surface area contributed by atoms with Gasteiger partial charge in [0, 0.05) is 37.8 Å². The first-order valence-electron chi connectivity index (χ1n) is 11.4. The number of aryl methyl sites for hydroxylation is 2. The summed E-state index contributed by atoms with van der Waals surface area (Å²) in [5.41, 5.74) is 11.1. The molecule has 0 bridgehead atoms. The van der Waals surface area contributed by atoms with E-state index in [-0.39, 0.29) is 17.4 Å². The average Bonchev–Trinajstić information content (AvgIpc) is 3.20. The Kier molecular flexibility index (Phi) is 6.73. The summed E-state index contributed by atoms with van der Waals surface area (Å²) in [6.45, 7) is 3.72. The van der Waals surface area contributed by atoms with Crippen molar-refractivity contribution >= 4 is 67.8 Å². The molecule has 2 aromatic heterocycles. The van der Waals surface area contributed by atoms with Crippen LogP contribution in [0.15, 0.2) is 72.8 Å². The van der Waals surface area contributed by atoms with Crippen LogP contribution in [-0.4, -0.2) is 16.7 Å². The first kappa shape index (κ1) is 25.0. The van der Waals surface area contributed by atoms with Crippen molar-refractivity contribution in [1.29, 1.82) is 0 Å². The van der Waals surface area contributed by atoms with Gasteiger partial charge in [-0.1, -0.05) is 71.2 Å². The Bertz CT molecular complexity index is 1680. The topological polar surface area (TPSA) is 85.1 Å². The minimum Gasteiger partial charge on any atom is -0.397 e. The molecule has 5 aromatic rings. The summed E-state index contributed by atoms with van der Waals surface area (Å²) in [4.78, 5) is 32.7. The maximum atomic E-state index is 13.6. The zero-order chi connectivity index (χ0) is 26.3. The van der Waals surface area contributed by atoms with Gasteiger partial charge in [0.1, 0.15) is 9.71 Å². The lowest BCUT2D eigenvalue weighted by Gasteiger charge is -2.16. The van der Waals surface area contributed by atoms with Gasteiger partial charge in [0.2, 0.25) is 5.78 Å². The molecule has 0 aliphatic heterocycles. The molecule has 0 radical (unpaired) electrons. The molecule has 184 valence electrons. The predicted molar refractivity (Wildman–Crippen MR) is 153 cm³/mol. The van der Waals surface area contributed by atoms with Crippen molar-refractivity contribution in [2.45, 2.75) is 13.8 Å². The van der Waals surface area contributed by atoms with E-state index in [0.717, 1.165) is 5.56 Å². The molecule has 0 spiro atoms. The van der Waals surface area contributed by atoms with Gasteiger partial charge >= 0.3 is 0 Å². The number of thiophene rings is 1. The highest BCUT2D eigenvalue weighted by Crippen LogP contribution is 2.44. The molecule has 8 heteroatoms. The summed E-state index contributed by atoms with van der Waals surface area (Å²) < 4.78 is 0. The molecule has 5 nitrogen and oxygen atoms in total. The fraction of sp³-hybridized carbons (Fsp3) is 0.0690. The van der Waals surface area contributed by atoms with Crippen LogP contribution in [0.1, 0.15) is 36.9 Å². The highest BCUT2D eigenvalue weighted by Gasteiger charge is 2.28. The van der Waals surface area contributed by atoms with Gasteiger partial charge in [-0.05, 0) is 44.2 Å². The molecule has 5 rings (SSSR count). The van der Waals surface area contributed by atoms with E-state index in [1.165, 1.54) is 11.3 Å². The third-order valence-electron chi connectivity index (χ3n) is 6.05. The maximum Gasteiger partial charge on any atom is 0.258 e. The fourth-order valence-electron chi connectivity index (χ4n) is 4.21. The van der Waals surface area contributed by atoms with Gasteiger partial charge in [-0.2, -0.15) is 0 Å². The Morgan fingerprint density at radius 3 is 2.27 bits per heavy atom. The van der Waals surface area contributed by atoms with Crippen LogP contribution < -0.4 is 11.1 Å². The summed E-state index contributed by atoms with van der Waals surface area (Å²) in [6, 6.07) is 21.4. The van der Waals surface area contributed by atoms with Crippen molar-refractivity contribution < 1.29 is 9.59 Å². The maximum absolute atomic E-state index is 13.6. The van der Waals surface area contributed by atoms with Gasteiger partial charge in [-0.25, -0.2) is 4.98 Å². The number of carbonyl (C=O) groups excluding carboxylic acids is 2. The van der Waals surface area contributed by atoms with E-state index < -0.39 is 0 Å². The fourth-order valence-corrected chi connectivity index (χ4v) is 5.68. The molecule has 1 amide bonds. The molecule has 0 atom stereocenters. The number of hydrogen-bond donors (Lipinski definition) is 2. The van der Waals surface area contributed by atoms with Crippen molar-refractivity contribution in [2.24, 2.45) is 0 Å². The molecular formula is C29H21Cl2N3O2S. The zero-order valence-corrected chi connectivity index (χ0v) is 22.3. The smallest absolute Gasteiger partial charge is 0.258 e. The second kappa shape index (κ2) is 9.98. The summed E-state index contributed by atoms with van der Waals surface area (Å²) in [7, 11) is 0. The van der Waals surface area contributed by atoms with Crippen molar-refractivity contribution in [3.8, 4) is 11.1 Å². The number of nitrogen functional groups attached to an aromatic ring is 1. The quantitative estimate of drug-likeness (QED) is 0.219. The van der Waals surface area contributed by atoms with Crippen LogP contribution in [0.4, 0.5) is 11.4 Å². The van der Waals surface area contributed by atoms with E-state index in [2.05, 4.69) is 5.32 Å². The Labute approximate surface area is 227 Å². The van der Waals surface area contributed by atoms with Gasteiger partial charge in [-0.3, -0.25) is 9.59 Å². The van der Waals surface area contributed by atoms with Crippen molar-refractivity contribution in [2.75, 3.05) is 11.1 Å². The minimum atomic E-state index is -0.374.